The van der Waals surface area contributed by atoms with E-state index < -0.39 is 0 Å². The van der Waals surface area contributed by atoms with Crippen molar-refractivity contribution in [2.24, 2.45) is 0 Å². The quantitative estimate of drug-likeness (QED) is 0.618. The Balaban J connectivity index is 1.51. The maximum Gasteiger partial charge on any atom is 0.260 e. The minimum absolute atomic E-state index is 0.0754. The lowest BCUT2D eigenvalue weighted by molar-refractivity contribution is -0.137. The Morgan fingerprint density at radius 3 is 2.81 bits per heavy atom. The smallest absolute Gasteiger partial charge is 0.260 e. The average Bonchev–Trinajstić information content (AvgIpc) is 3.26. The SMILES string of the molecule is COc1cc(C=C(C#N)c2nc3ccccc3[nH]2)ccc1OCC(=O)N1CCOCC1. The number of benzene rings is 2. The second kappa shape index (κ2) is 9.32. The molecule has 1 fully saturated rings. The molecule has 31 heavy (non-hydrogen) atoms. The molecule has 8 nitrogen and oxygen atoms in total. The number of ether oxygens (including phenoxy) is 3. The number of morpholine rings is 1. The number of hydrogen-bond acceptors (Lipinski definition) is 6. The number of aromatic nitrogens is 2. The van der Waals surface area contributed by atoms with Crippen LogP contribution in [-0.4, -0.2) is 60.8 Å². The molecule has 1 saturated heterocycles. The molecule has 1 N–H and O–H groups in total. The molecule has 3 aromatic rings. The highest BCUT2D eigenvalue weighted by Crippen LogP contribution is 2.30. The summed E-state index contributed by atoms with van der Waals surface area (Å²) >= 11 is 0. The number of amides is 1. The van der Waals surface area contributed by atoms with E-state index in [0.29, 0.717) is 49.2 Å². The molecule has 2 aromatic carbocycles. The molecule has 1 aliphatic rings. The molecule has 8 heteroatoms. The zero-order chi connectivity index (χ0) is 21.6. The molecular weight excluding hydrogens is 396 g/mol. The number of rotatable bonds is 6. The maximum absolute atomic E-state index is 12.3. The monoisotopic (exact) mass is 418 g/mol. The summed E-state index contributed by atoms with van der Waals surface area (Å²) in [5, 5.41) is 9.63. The van der Waals surface area contributed by atoms with Crippen LogP contribution in [0.5, 0.6) is 11.5 Å². The van der Waals surface area contributed by atoms with Gasteiger partial charge in [0.25, 0.3) is 5.91 Å². The number of para-hydroxylation sites is 2. The van der Waals surface area contributed by atoms with E-state index in [2.05, 4.69) is 16.0 Å². The van der Waals surface area contributed by atoms with E-state index in [4.69, 9.17) is 14.2 Å². The largest absolute Gasteiger partial charge is 0.493 e. The molecule has 1 aromatic heterocycles. The number of methoxy groups -OCH3 is 1. The summed E-state index contributed by atoms with van der Waals surface area (Å²) in [6.07, 6.45) is 1.73. The average molecular weight is 418 g/mol. The van der Waals surface area contributed by atoms with Crippen molar-refractivity contribution in [3.8, 4) is 17.6 Å². The van der Waals surface area contributed by atoms with Crippen LogP contribution in [0.3, 0.4) is 0 Å². The zero-order valence-electron chi connectivity index (χ0n) is 17.1. The first-order valence-electron chi connectivity index (χ1n) is 9.91. The topological polar surface area (TPSA) is 100 Å². The molecule has 0 spiro atoms. The summed E-state index contributed by atoms with van der Waals surface area (Å²) in [6, 6.07) is 15.1. The van der Waals surface area contributed by atoms with Crippen molar-refractivity contribution in [2.45, 2.75) is 0 Å². The third-order valence-corrected chi connectivity index (χ3v) is 4.98. The summed E-state index contributed by atoms with van der Waals surface area (Å²) < 4.78 is 16.4. The summed E-state index contributed by atoms with van der Waals surface area (Å²) in [7, 11) is 1.53. The van der Waals surface area contributed by atoms with Crippen molar-refractivity contribution in [1.82, 2.24) is 14.9 Å². The Kier molecular flexibility index (Phi) is 6.15. The van der Waals surface area contributed by atoms with Gasteiger partial charge in [0.1, 0.15) is 11.9 Å². The van der Waals surface area contributed by atoms with Crippen LogP contribution in [0.15, 0.2) is 42.5 Å². The van der Waals surface area contributed by atoms with Crippen LogP contribution in [0, 0.1) is 11.3 Å². The summed E-state index contributed by atoms with van der Waals surface area (Å²) in [6.45, 7) is 2.16. The number of nitriles is 1. The number of allylic oxidation sites excluding steroid dienone is 1. The van der Waals surface area contributed by atoms with Crippen molar-refractivity contribution >= 4 is 28.6 Å². The highest BCUT2D eigenvalue weighted by atomic mass is 16.5. The van der Waals surface area contributed by atoms with Gasteiger partial charge in [-0.3, -0.25) is 4.79 Å². The Morgan fingerprint density at radius 2 is 2.06 bits per heavy atom. The van der Waals surface area contributed by atoms with Crippen LogP contribution < -0.4 is 9.47 Å². The van der Waals surface area contributed by atoms with Gasteiger partial charge in [-0.1, -0.05) is 18.2 Å². The molecule has 0 saturated carbocycles. The van der Waals surface area contributed by atoms with Crippen molar-refractivity contribution in [1.29, 1.82) is 5.26 Å². The molecule has 0 radical (unpaired) electrons. The minimum atomic E-state index is -0.0917. The third kappa shape index (κ3) is 4.68. The van der Waals surface area contributed by atoms with E-state index in [-0.39, 0.29) is 12.5 Å². The molecule has 0 bridgehead atoms. The van der Waals surface area contributed by atoms with Crippen LogP contribution in [0.25, 0.3) is 22.7 Å². The fourth-order valence-corrected chi connectivity index (χ4v) is 3.34. The fraction of sp³-hybridized carbons (Fsp3) is 0.261. The molecular formula is C23H22N4O4. The number of hydrogen-bond donors (Lipinski definition) is 1. The van der Waals surface area contributed by atoms with Gasteiger partial charge >= 0.3 is 0 Å². The Morgan fingerprint density at radius 1 is 1.26 bits per heavy atom. The molecule has 4 rings (SSSR count). The normalized spacial score (nSPS) is 14.3. The van der Waals surface area contributed by atoms with E-state index in [1.165, 1.54) is 7.11 Å². The predicted octanol–water partition coefficient (Wildman–Crippen LogP) is 2.87. The van der Waals surface area contributed by atoms with Crippen molar-refractivity contribution < 1.29 is 19.0 Å². The summed E-state index contributed by atoms with van der Waals surface area (Å²) in [4.78, 5) is 21.7. The second-order valence-corrected chi connectivity index (χ2v) is 6.96. The van der Waals surface area contributed by atoms with Gasteiger partial charge in [-0.25, -0.2) is 4.98 Å². The highest BCUT2D eigenvalue weighted by molar-refractivity contribution is 5.90. The van der Waals surface area contributed by atoms with E-state index in [0.717, 1.165) is 16.6 Å². The maximum atomic E-state index is 12.3. The van der Waals surface area contributed by atoms with E-state index in [1.807, 2.05) is 24.3 Å². The number of nitrogens with zero attached hydrogens (tertiary/aromatic N) is 3. The molecule has 0 atom stereocenters. The van der Waals surface area contributed by atoms with Crippen LogP contribution in [0.1, 0.15) is 11.4 Å². The Hall–Kier alpha value is -3.83. The van der Waals surface area contributed by atoms with Gasteiger partial charge in [-0.15, -0.1) is 0 Å². The third-order valence-electron chi connectivity index (χ3n) is 4.98. The number of fused-ring (bicyclic) bond motifs is 1. The standard InChI is InChI=1S/C23H22N4O4/c1-29-21-13-16(6-7-20(21)31-15-22(28)27-8-10-30-11-9-27)12-17(14-24)23-25-18-4-2-3-5-19(18)26-23/h2-7,12-13H,8-11,15H2,1H3,(H,25,26). The number of H-pyrrole nitrogens is 1. The van der Waals surface area contributed by atoms with Gasteiger partial charge in [-0.2, -0.15) is 5.26 Å². The van der Waals surface area contributed by atoms with Gasteiger partial charge in [-0.05, 0) is 35.9 Å². The second-order valence-electron chi connectivity index (χ2n) is 6.96. The number of imidazole rings is 1. The van der Waals surface area contributed by atoms with E-state index >= 15 is 0 Å². The van der Waals surface area contributed by atoms with E-state index in [9.17, 15) is 10.1 Å². The van der Waals surface area contributed by atoms with Gasteiger partial charge in [0.05, 0.1) is 36.9 Å². The lowest BCUT2D eigenvalue weighted by Crippen LogP contribution is -2.43. The van der Waals surface area contributed by atoms with Gasteiger partial charge in [0, 0.05) is 13.1 Å². The first kappa shape index (κ1) is 20.4. The first-order valence-corrected chi connectivity index (χ1v) is 9.91. The predicted molar refractivity (Wildman–Crippen MR) is 115 cm³/mol. The van der Waals surface area contributed by atoms with Gasteiger partial charge in [0.15, 0.2) is 18.1 Å². The molecule has 2 heterocycles. The number of aromatic amines is 1. The molecule has 1 amide bonds. The highest BCUT2D eigenvalue weighted by Gasteiger charge is 2.18. The summed E-state index contributed by atoms with van der Waals surface area (Å²) in [5.41, 5.74) is 2.81. The molecule has 158 valence electrons. The van der Waals surface area contributed by atoms with Crippen molar-refractivity contribution in [3.05, 3.63) is 53.9 Å². The van der Waals surface area contributed by atoms with Crippen molar-refractivity contribution in [3.63, 3.8) is 0 Å². The lowest BCUT2D eigenvalue weighted by atomic mass is 10.1. The van der Waals surface area contributed by atoms with Crippen LogP contribution in [0.2, 0.25) is 0 Å². The molecule has 1 aliphatic heterocycles. The number of carbonyl (C=O) groups is 1. The van der Waals surface area contributed by atoms with Crippen LogP contribution in [-0.2, 0) is 9.53 Å². The van der Waals surface area contributed by atoms with E-state index in [1.54, 1.807) is 29.2 Å². The van der Waals surface area contributed by atoms with Crippen LogP contribution in [0.4, 0.5) is 0 Å². The van der Waals surface area contributed by atoms with Gasteiger partial charge < -0.3 is 24.1 Å². The Labute approximate surface area is 179 Å². The first-order chi connectivity index (χ1) is 15.2. The summed E-state index contributed by atoms with van der Waals surface area (Å²) in [5.74, 6) is 1.35. The van der Waals surface area contributed by atoms with Crippen molar-refractivity contribution in [2.75, 3.05) is 40.0 Å². The minimum Gasteiger partial charge on any atom is -0.493 e. The lowest BCUT2D eigenvalue weighted by Gasteiger charge is -2.26. The molecule has 0 unspecified atom stereocenters. The number of nitrogens with one attached hydrogen (secondary N) is 1. The molecule has 0 aliphatic carbocycles. The zero-order valence-corrected chi connectivity index (χ0v) is 17.1. The fourth-order valence-electron chi connectivity index (χ4n) is 3.34. The van der Waals surface area contributed by atoms with Crippen LogP contribution >= 0.6 is 0 Å². The van der Waals surface area contributed by atoms with Gasteiger partial charge in [0.2, 0.25) is 0 Å². The number of carbonyl (C=O) groups excluding carboxylic acids is 1. The Bertz CT molecular complexity index is 1120.